The van der Waals surface area contributed by atoms with Gasteiger partial charge < -0.3 is 8.98 Å². The summed E-state index contributed by atoms with van der Waals surface area (Å²) in [5, 5.41) is 13.9. The standard InChI is InChI=1S/C59H33N5OS/c1-3-15-36-29-50-44(27-34(36)13-1)45-28-35-14-2-4-16-37(35)30-51(45)63(50)52-32-46-41-19-7-11-23-53(41)65-54(46)33-47(52)58-60-57(38-25-26-43-42-20-8-12-24-55(42)66-56(43)31-38)61-59(62-58)64-48-21-9-5-17-39(48)40-18-6-10-22-49(40)64/h1-33H. The first-order chi connectivity index (χ1) is 32.7. The number of thiophene rings is 1. The number of fused-ring (bicyclic) bond motifs is 14. The molecule has 0 saturated heterocycles. The number of nitrogens with zero attached hydrogens (tertiary/aromatic N) is 5. The van der Waals surface area contributed by atoms with Gasteiger partial charge in [0, 0.05) is 63.6 Å². The molecule has 7 heteroatoms. The lowest BCUT2D eigenvalue weighted by atomic mass is 10.0. The molecule has 66 heavy (non-hydrogen) atoms. The van der Waals surface area contributed by atoms with Gasteiger partial charge >= 0.3 is 0 Å². The summed E-state index contributed by atoms with van der Waals surface area (Å²) >= 11 is 1.79. The summed E-state index contributed by atoms with van der Waals surface area (Å²) in [4.78, 5) is 16.5. The Morgan fingerprint density at radius 3 is 1.61 bits per heavy atom. The topological polar surface area (TPSA) is 61.7 Å². The Kier molecular flexibility index (Phi) is 7.28. The molecule has 10 aromatic carbocycles. The highest BCUT2D eigenvalue weighted by atomic mass is 32.1. The van der Waals surface area contributed by atoms with Gasteiger partial charge in [0.05, 0.1) is 27.8 Å². The van der Waals surface area contributed by atoms with E-state index in [1.165, 1.54) is 52.5 Å². The van der Waals surface area contributed by atoms with Gasteiger partial charge in [-0.2, -0.15) is 9.97 Å². The fraction of sp³-hybridized carbons (Fsp3) is 0. The number of para-hydroxylation sites is 3. The lowest BCUT2D eigenvalue weighted by molar-refractivity contribution is 0.669. The van der Waals surface area contributed by atoms with Crippen LogP contribution in [0.15, 0.2) is 205 Å². The molecule has 0 spiro atoms. The average Bonchev–Trinajstić information content (AvgIpc) is 4.11. The molecule has 15 aromatic rings. The van der Waals surface area contributed by atoms with Crippen LogP contribution in [0.3, 0.4) is 0 Å². The molecule has 0 bridgehead atoms. The van der Waals surface area contributed by atoms with Gasteiger partial charge in [0.15, 0.2) is 11.6 Å². The van der Waals surface area contributed by atoms with Crippen LogP contribution in [0.5, 0.6) is 0 Å². The van der Waals surface area contributed by atoms with Crippen molar-refractivity contribution in [3.05, 3.63) is 200 Å². The maximum Gasteiger partial charge on any atom is 0.238 e. The molecule has 0 N–H and O–H groups in total. The Bertz CT molecular complexity index is 4400. The van der Waals surface area contributed by atoms with E-state index in [1.807, 2.05) is 12.1 Å². The van der Waals surface area contributed by atoms with Gasteiger partial charge in [-0.15, -0.1) is 11.3 Å². The van der Waals surface area contributed by atoms with Crippen molar-refractivity contribution in [1.29, 1.82) is 0 Å². The van der Waals surface area contributed by atoms with Crippen LogP contribution >= 0.6 is 11.3 Å². The SMILES string of the molecule is c1ccc2cc3c(cc2c1)c1cc2ccccc2cc1n3-c1cc2c(cc1-c1nc(-c3ccc4c(c3)sc3ccccc34)nc(-n3c4ccccc4c4ccccc43)n1)oc1ccccc12. The Morgan fingerprint density at radius 2 is 0.909 bits per heavy atom. The quantitative estimate of drug-likeness (QED) is 0.177. The summed E-state index contributed by atoms with van der Waals surface area (Å²) in [6, 6.07) is 71.6. The molecule has 0 saturated carbocycles. The van der Waals surface area contributed by atoms with Crippen LogP contribution < -0.4 is 0 Å². The van der Waals surface area contributed by atoms with Crippen molar-refractivity contribution in [2.24, 2.45) is 0 Å². The molecule has 6 nitrogen and oxygen atoms in total. The number of hydrogen-bond donors (Lipinski definition) is 0. The van der Waals surface area contributed by atoms with Crippen LogP contribution in [0.2, 0.25) is 0 Å². The Hall–Kier alpha value is -8.65. The van der Waals surface area contributed by atoms with Gasteiger partial charge in [0.1, 0.15) is 11.2 Å². The van der Waals surface area contributed by atoms with Crippen molar-refractivity contribution in [3.8, 4) is 34.4 Å². The monoisotopic (exact) mass is 859 g/mol. The molecule has 5 aromatic heterocycles. The molecular weight excluding hydrogens is 827 g/mol. The zero-order valence-corrected chi connectivity index (χ0v) is 35.9. The number of furan rings is 1. The molecule has 5 heterocycles. The second kappa shape index (κ2) is 13.4. The molecule has 0 amide bonds. The van der Waals surface area contributed by atoms with Gasteiger partial charge in [-0.3, -0.25) is 4.57 Å². The smallest absolute Gasteiger partial charge is 0.238 e. The van der Waals surface area contributed by atoms with Crippen LogP contribution in [-0.4, -0.2) is 24.1 Å². The van der Waals surface area contributed by atoms with Crippen LogP contribution in [-0.2, 0) is 0 Å². The zero-order chi connectivity index (χ0) is 43.0. The first-order valence-corrected chi connectivity index (χ1v) is 23.0. The van der Waals surface area contributed by atoms with Crippen molar-refractivity contribution in [2.45, 2.75) is 0 Å². The van der Waals surface area contributed by atoms with Crippen LogP contribution in [0, 0.1) is 0 Å². The first-order valence-electron chi connectivity index (χ1n) is 22.2. The van der Waals surface area contributed by atoms with E-state index in [-0.39, 0.29) is 0 Å². The molecule has 0 aliphatic rings. The molecular formula is C59H33N5OS. The van der Waals surface area contributed by atoms with E-state index in [9.17, 15) is 0 Å². The van der Waals surface area contributed by atoms with E-state index >= 15 is 0 Å². The molecule has 0 aliphatic heterocycles. The number of rotatable bonds is 4. The van der Waals surface area contributed by atoms with Crippen molar-refractivity contribution in [1.82, 2.24) is 24.1 Å². The summed E-state index contributed by atoms with van der Waals surface area (Å²) in [7, 11) is 0. The molecule has 0 unspecified atom stereocenters. The summed E-state index contributed by atoms with van der Waals surface area (Å²) in [6.45, 7) is 0. The van der Waals surface area contributed by atoms with E-state index in [4.69, 9.17) is 19.4 Å². The summed E-state index contributed by atoms with van der Waals surface area (Å²) < 4.78 is 13.8. The maximum atomic E-state index is 6.70. The predicted molar refractivity (Wildman–Crippen MR) is 275 cm³/mol. The Balaban J connectivity index is 1.09. The third kappa shape index (κ3) is 5.14. The van der Waals surface area contributed by atoms with Gasteiger partial charge in [-0.25, -0.2) is 4.98 Å². The minimum absolute atomic E-state index is 0.540. The molecule has 0 atom stereocenters. The van der Waals surface area contributed by atoms with Crippen molar-refractivity contribution < 1.29 is 4.42 Å². The lowest BCUT2D eigenvalue weighted by Gasteiger charge is -2.16. The minimum atomic E-state index is 0.540. The summed E-state index contributed by atoms with van der Waals surface area (Å²) in [5.74, 6) is 1.67. The normalized spacial score (nSPS) is 12.2. The van der Waals surface area contributed by atoms with E-state index in [0.717, 1.165) is 71.6 Å². The van der Waals surface area contributed by atoms with E-state index in [1.54, 1.807) is 11.3 Å². The Morgan fingerprint density at radius 1 is 0.348 bits per heavy atom. The number of hydrogen-bond acceptors (Lipinski definition) is 5. The first kappa shape index (κ1) is 35.8. The van der Waals surface area contributed by atoms with Crippen LogP contribution in [0.4, 0.5) is 0 Å². The highest BCUT2D eigenvalue weighted by Crippen LogP contribution is 2.43. The second-order valence-electron chi connectivity index (χ2n) is 17.2. The number of aromatic nitrogens is 5. The zero-order valence-electron chi connectivity index (χ0n) is 35.1. The van der Waals surface area contributed by atoms with E-state index < -0.39 is 0 Å². The molecule has 0 fully saturated rings. The van der Waals surface area contributed by atoms with Crippen molar-refractivity contribution >= 4 is 119 Å². The summed E-state index contributed by atoms with van der Waals surface area (Å²) in [5.41, 5.74) is 8.53. The van der Waals surface area contributed by atoms with Gasteiger partial charge in [0.2, 0.25) is 5.95 Å². The van der Waals surface area contributed by atoms with Crippen LogP contribution in [0.1, 0.15) is 0 Å². The fourth-order valence-electron chi connectivity index (χ4n) is 10.5. The molecule has 15 rings (SSSR count). The van der Waals surface area contributed by atoms with Gasteiger partial charge in [-0.05, 0) is 88.3 Å². The van der Waals surface area contributed by atoms with E-state index in [2.05, 4.69) is 197 Å². The number of benzene rings is 10. The molecule has 0 radical (unpaired) electrons. The molecule has 0 aliphatic carbocycles. The minimum Gasteiger partial charge on any atom is -0.456 e. The molecule has 306 valence electrons. The average molecular weight is 860 g/mol. The third-order valence-corrected chi connectivity index (χ3v) is 14.7. The van der Waals surface area contributed by atoms with Crippen molar-refractivity contribution in [2.75, 3.05) is 0 Å². The third-order valence-electron chi connectivity index (χ3n) is 13.5. The highest BCUT2D eigenvalue weighted by Gasteiger charge is 2.24. The second-order valence-corrected chi connectivity index (χ2v) is 18.3. The predicted octanol–water partition coefficient (Wildman–Crippen LogP) is 16.0. The van der Waals surface area contributed by atoms with E-state index in [0.29, 0.717) is 17.6 Å². The summed E-state index contributed by atoms with van der Waals surface area (Å²) in [6.07, 6.45) is 0. The van der Waals surface area contributed by atoms with Gasteiger partial charge in [0.25, 0.3) is 0 Å². The highest BCUT2D eigenvalue weighted by molar-refractivity contribution is 7.25. The lowest BCUT2D eigenvalue weighted by Crippen LogP contribution is -2.08. The fourth-order valence-corrected chi connectivity index (χ4v) is 11.6. The maximum absolute atomic E-state index is 6.70. The Labute approximate surface area is 379 Å². The van der Waals surface area contributed by atoms with Crippen LogP contribution in [0.25, 0.3) is 142 Å². The van der Waals surface area contributed by atoms with Gasteiger partial charge in [-0.1, -0.05) is 133 Å². The van der Waals surface area contributed by atoms with Crippen molar-refractivity contribution in [3.63, 3.8) is 0 Å². The largest absolute Gasteiger partial charge is 0.456 e.